The number of amides is 2. The molecule has 0 bridgehead atoms. The van der Waals surface area contributed by atoms with E-state index >= 15 is 0 Å². The molecule has 0 spiro atoms. The zero-order valence-electron chi connectivity index (χ0n) is 18.4. The molecule has 1 atom stereocenters. The molecule has 0 radical (unpaired) electrons. The minimum Gasteiger partial charge on any atom is -0.355 e. The van der Waals surface area contributed by atoms with E-state index < -0.39 is 36.5 Å². The predicted molar refractivity (Wildman–Crippen MR) is 126 cm³/mol. The van der Waals surface area contributed by atoms with Crippen LogP contribution in [0, 0.1) is 5.92 Å². The van der Waals surface area contributed by atoms with Crippen LogP contribution in [-0.2, 0) is 34.6 Å². The van der Waals surface area contributed by atoms with E-state index in [0.717, 1.165) is 13.2 Å². The lowest BCUT2D eigenvalue weighted by atomic mass is 10.1. The Morgan fingerprint density at radius 2 is 1.44 bits per heavy atom. The molecule has 0 saturated heterocycles. The molecule has 34 heavy (non-hydrogen) atoms. The smallest absolute Gasteiger partial charge is 0.301 e. The summed E-state index contributed by atoms with van der Waals surface area (Å²) in [5.74, 6) is -1.73. The largest absolute Gasteiger partial charge is 0.355 e. The number of hydrogen-bond donors (Lipinski definition) is 4. The molecule has 4 N–H and O–H groups in total. The lowest BCUT2D eigenvalue weighted by molar-refractivity contribution is -0.122. The van der Waals surface area contributed by atoms with Crippen molar-refractivity contribution in [2.24, 2.45) is 5.92 Å². The van der Waals surface area contributed by atoms with Gasteiger partial charge in [-0.15, -0.1) is 0 Å². The second kappa shape index (κ2) is 10.9. The van der Waals surface area contributed by atoms with Crippen LogP contribution in [0.2, 0.25) is 0 Å². The van der Waals surface area contributed by atoms with Gasteiger partial charge in [-0.3, -0.25) is 18.7 Å². The van der Waals surface area contributed by atoms with Crippen LogP contribution in [0.4, 0.5) is 11.4 Å². The SMILES string of the molecule is COC(C(=O)Nc1ccc(/C=C/c2ccc(NC(=O)C(C)C)cc2S(=O)(=O)O)cc1)S(=O)(=O)O. The Balaban J connectivity index is 2.23. The maximum absolute atomic E-state index is 12.0. The van der Waals surface area contributed by atoms with E-state index in [9.17, 15) is 31.0 Å². The molecule has 0 aliphatic heterocycles. The molecular formula is C21H24N2O9S2. The number of methoxy groups -OCH3 is 1. The first-order chi connectivity index (χ1) is 15.7. The van der Waals surface area contributed by atoms with Gasteiger partial charge in [0.25, 0.3) is 21.5 Å². The number of nitrogens with one attached hydrogen (secondary N) is 2. The van der Waals surface area contributed by atoms with Gasteiger partial charge in [-0.1, -0.05) is 44.2 Å². The molecule has 0 aromatic heterocycles. The first kappa shape index (κ1) is 27.1. The molecule has 184 valence electrons. The van der Waals surface area contributed by atoms with Crippen LogP contribution in [0.25, 0.3) is 12.2 Å². The van der Waals surface area contributed by atoms with Crippen LogP contribution in [0.1, 0.15) is 25.0 Å². The molecule has 0 aliphatic rings. The Bertz CT molecular complexity index is 1300. The second-order valence-electron chi connectivity index (χ2n) is 7.40. The highest BCUT2D eigenvalue weighted by atomic mass is 32.2. The summed E-state index contributed by atoms with van der Waals surface area (Å²) in [5.41, 5.74) is -0.910. The average molecular weight is 513 g/mol. The third-order valence-corrected chi connectivity index (χ3v) is 6.27. The number of anilines is 2. The minimum atomic E-state index is -4.75. The molecule has 13 heteroatoms. The Labute approximate surface area is 197 Å². The summed E-state index contributed by atoms with van der Waals surface area (Å²) in [6.07, 6.45) is 2.97. The number of rotatable bonds is 9. The molecule has 0 fully saturated rings. The summed E-state index contributed by atoms with van der Waals surface area (Å²) >= 11 is 0. The van der Waals surface area contributed by atoms with Crippen LogP contribution >= 0.6 is 0 Å². The molecule has 2 amide bonds. The van der Waals surface area contributed by atoms with E-state index in [-0.39, 0.29) is 28.8 Å². The van der Waals surface area contributed by atoms with E-state index in [1.54, 1.807) is 26.0 Å². The van der Waals surface area contributed by atoms with Crippen LogP contribution < -0.4 is 10.6 Å². The zero-order chi connectivity index (χ0) is 25.7. The Kier molecular flexibility index (Phi) is 8.69. The van der Waals surface area contributed by atoms with Crippen LogP contribution in [0.3, 0.4) is 0 Å². The Hall–Kier alpha value is -3.10. The molecule has 2 aromatic rings. The third-order valence-electron chi connectivity index (χ3n) is 4.42. The van der Waals surface area contributed by atoms with E-state index in [0.29, 0.717) is 5.56 Å². The van der Waals surface area contributed by atoms with Gasteiger partial charge < -0.3 is 15.4 Å². The van der Waals surface area contributed by atoms with Gasteiger partial charge in [0.05, 0.1) is 0 Å². The van der Waals surface area contributed by atoms with Gasteiger partial charge in [0.15, 0.2) is 0 Å². The van der Waals surface area contributed by atoms with Crippen molar-refractivity contribution in [3.05, 3.63) is 53.6 Å². The minimum absolute atomic E-state index is 0.165. The topological polar surface area (TPSA) is 176 Å². The van der Waals surface area contributed by atoms with Gasteiger partial charge in [-0.25, -0.2) is 0 Å². The summed E-state index contributed by atoms with van der Waals surface area (Å²) in [4.78, 5) is 23.4. The third kappa shape index (κ3) is 7.46. The van der Waals surface area contributed by atoms with Gasteiger partial charge in [0, 0.05) is 24.4 Å². The normalized spacial score (nSPS) is 13.1. The van der Waals surface area contributed by atoms with Gasteiger partial charge in [-0.05, 0) is 35.4 Å². The average Bonchev–Trinajstić information content (AvgIpc) is 2.72. The molecule has 2 rings (SSSR count). The fourth-order valence-corrected chi connectivity index (χ4v) is 3.97. The van der Waals surface area contributed by atoms with E-state index in [1.165, 1.54) is 36.4 Å². The van der Waals surface area contributed by atoms with Crippen molar-refractivity contribution in [3.8, 4) is 0 Å². The highest BCUT2D eigenvalue weighted by Crippen LogP contribution is 2.24. The molecule has 11 nitrogen and oxygen atoms in total. The Morgan fingerprint density at radius 3 is 1.94 bits per heavy atom. The summed E-state index contributed by atoms with van der Waals surface area (Å²) in [7, 11) is -8.39. The summed E-state index contributed by atoms with van der Waals surface area (Å²) in [6, 6.07) is 10.1. The first-order valence-corrected chi connectivity index (χ1v) is 12.7. The summed E-state index contributed by atoms with van der Waals surface area (Å²) in [5, 5.41) is 4.85. The quantitative estimate of drug-likeness (QED) is 0.290. The van der Waals surface area contributed by atoms with Crippen molar-refractivity contribution in [1.82, 2.24) is 0 Å². The molecular weight excluding hydrogens is 488 g/mol. The van der Waals surface area contributed by atoms with Crippen LogP contribution in [-0.4, -0.2) is 50.3 Å². The fourth-order valence-electron chi connectivity index (χ4n) is 2.69. The van der Waals surface area contributed by atoms with Crippen LogP contribution in [0.15, 0.2) is 47.4 Å². The molecule has 1 unspecified atom stereocenters. The van der Waals surface area contributed by atoms with Gasteiger partial charge in [0.2, 0.25) is 5.91 Å². The summed E-state index contributed by atoms with van der Waals surface area (Å²) < 4.78 is 69.0. The number of hydrogen-bond acceptors (Lipinski definition) is 7. The maximum atomic E-state index is 12.0. The summed E-state index contributed by atoms with van der Waals surface area (Å²) in [6.45, 7) is 3.36. The monoisotopic (exact) mass is 512 g/mol. The first-order valence-electron chi connectivity index (χ1n) is 9.73. The molecule has 0 aliphatic carbocycles. The van der Waals surface area contributed by atoms with Crippen molar-refractivity contribution < 1.29 is 40.3 Å². The van der Waals surface area contributed by atoms with Crippen molar-refractivity contribution in [3.63, 3.8) is 0 Å². The highest BCUT2D eigenvalue weighted by Gasteiger charge is 2.30. The lowest BCUT2D eigenvalue weighted by Gasteiger charge is -2.12. The highest BCUT2D eigenvalue weighted by molar-refractivity contribution is 7.87. The second-order valence-corrected chi connectivity index (χ2v) is 10.2. The molecule has 2 aromatic carbocycles. The van der Waals surface area contributed by atoms with Crippen molar-refractivity contribution >= 4 is 55.6 Å². The van der Waals surface area contributed by atoms with E-state index in [2.05, 4.69) is 15.4 Å². The number of ether oxygens (including phenoxy) is 1. The van der Waals surface area contributed by atoms with Gasteiger partial charge >= 0.3 is 10.1 Å². The number of carbonyl (C=O) groups is 2. The zero-order valence-corrected chi connectivity index (χ0v) is 20.1. The molecule has 0 saturated carbocycles. The number of carbonyl (C=O) groups excluding carboxylic acids is 2. The standard InChI is InChI=1S/C21H24N2O9S2/c1-13(2)19(24)23-17-11-8-15(18(12-17)33(26,27)28)7-4-14-5-9-16(10-6-14)22-20(25)21(32-3)34(29,30)31/h4-13,21H,1-3H3,(H,22,25)(H,23,24)(H,26,27,28)(H,29,30,31)/b7-4+. The van der Waals surface area contributed by atoms with Crippen molar-refractivity contribution in [1.29, 1.82) is 0 Å². The van der Waals surface area contributed by atoms with Crippen LogP contribution in [0.5, 0.6) is 0 Å². The van der Waals surface area contributed by atoms with E-state index in [1.807, 2.05) is 0 Å². The lowest BCUT2D eigenvalue weighted by Crippen LogP contribution is -2.36. The van der Waals surface area contributed by atoms with Gasteiger partial charge in [0.1, 0.15) is 4.90 Å². The van der Waals surface area contributed by atoms with Gasteiger partial charge in [-0.2, -0.15) is 16.8 Å². The molecule has 0 heterocycles. The fraction of sp³-hybridized carbons (Fsp3) is 0.238. The predicted octanol–water partition coefficient (Wildman–Crippen LogP) is 2.50. The number of benzene rings is 2. The van der Waals surface area contributed by atoms with E-state index in [4.69, 9.17) is 4.55 Å². The van der Waals surface area contributed by atoms with Crippen molar-refractivity contribution in [2.75, 3.05) is 17.7 Å². The Morgan fingerprint density at radius 1 is 0.882 bits per heavy atom. The maximum Gasteiger partial charge on any atom is 0.301 e. The van der Waals surface area contributed by atoms with Crippen molar-refractivity contribution in [2.45, 2.75) is 24.2 Å².